The summed E-state index contributed by atoms with van der Waals surface area (Å²) in [5, 5.41) is 13.1. The molecule has 0 unspecified atom stereocenters. The summed E-state index contributed by atoms with van der Waals surface area (Å²) >= 11 is 0. The third-order valence-electron chi connectivity index (χ3n) is 4.87. The molecule has 0 saturated carbocycles. The van der Waals surface area contributed by atoms with Gasteiger partial charge in [-0.1, -0.05) is 0 Å². The molecule has 8 nitrogen and oxygen atoms in total. The maximum absolute atomic E-state index is 12.7. The van der Waals surface area contributed by atoms with E-state index in [1.807, 2.05) is 43.3 Å². The lowest BCUT2D eigenvalue weighted by molar-refractivity contribution is -0.118. The first kappa shape index (κ1) is 20.6. The van der Waals surface area contributed by atoms with Crippen molar-refractivity contribution in [2.45, 2.75) is 33.6 Å². The lowest BCUT2D eigenvalue weighted by atomic mass is 10.2. The number of rotatable bonds is 9. The highest BCUT2D eigenvalue weighted by Gasteiger charge is 2.15. The van der Waals surface area contributed by atoms with Gasteiger partial charge in [-0.3, -0.25) is 4.79 Å². The molecule has 29 heavy (non-hydrogen) atoms. The molecule has 0 aliphatic rings. The van der Waals surface area contributed by atoms with E-state index in [4.69, 9.17) is 4.74 Å². The molecule has 0 spiro atoms. The molecule has 2 heterocycles. The first-order chi connectivity index (χ1) is 14.1. The van der Waals surface area contributed by atoms with Gasteiger partial charge >= 0.3 is 0 Å². The summed E-state index contributed by atoms with van der Waals surface area (Å²) in [5.74, 6) is 2.36. The second kappa shape index (κ2) is 9.36. The van der Waals surface area contributed by atoms with Crippen molar-refractivity contribution in [1.29, 1.82) is 0 Å². The average Bonchev–Trinajstić information content (AvgIpc) is 3.15. The predicted octanol–water partition coefficient (Wildman–Crippen LogP) is 2.96. The fourth-order valence-electron chi connectivity index (χ4n) is 3.16. The van der Waals surface area contributed by atoms with Gasteiger partial charge in [-0.05, 0) is 57.2 Å². The Balaban J connectivity index is 1.69. The third kappa shape index (κ3) is 4.64. The molecule has 3 aromatic rings. The van der Waals surface area contributed by atoms with Gasteiger partial charge in [0.15, 0.2) is 11.5 Å². The molecule has 3 rings (SSSR count). The molecule has 0 aliphatic heterocycles. The summed E-state index contributed by atoms with van der Waals surface area (Å²) in [6.45, 7) is 8.49. The predicted molar refractivity (Wildman–Crippen MR) is 114 cm³/mol. The van der Waals surface area contributed by atoms with Crippen molar-refractivity contribution < 1.29 is 9.53 Å². The van der Waals surface area contributed by atoms with Crippen LogP contribution in [0.1, 0.15) is 33.0 Å². The van der Waals surface area contributed by atoms with E-state index in [1.54, 1.807) is 16.5 Å². The Morgan fingerprint density at radius 2 is 1.76 bits per heavy atom. The number of carbonyl (C=O) groups excluding carboxylic acids is 1. The number of aromatic nitrogens is 4. The van der Waals surface area contributed by atoms with Gasteiger partial charge in [0.1, 0.15) is 11.6 Å². The van der Waals surface area contributed by atoms with E-state index < -0.39 is 0 Å². The van der Waals surface area contributed by atoms with Gasteiger partial charge in [-0.25, -0.2) is 0 Å². The van der Waals surface area contributed by atoms with Crippen molar-refractivity contribution in [3.63, 3.8) is 0 Å². The number of hydrogen-bond donors (Lipinski definition) is 0. The molecule has 1 aromatic carbocycles. The van der Waals surface area contributed by atoms with Crippen molar-refractivity contribution in [2.24, 2.45) is 0 Å². The Labute approximate surface area is 171 Å². The quantitative estimate of drug-likeness (QED) is 0.553. The van der Waals surface area contributed by atoms with Crippen LogP contribution in [0.3, 0.4) is 0 Å². The zero-order chi connectivity index (χ0) is 20.8. The van der Waals surface area contributed by atoms with Gasteiger partial charge in [0.2, 0.25) is 5.91 Å². The van der Waals surface area contributed by atoms with Crippen molar-refractivity contribution in [3.8, 4) is 5.75 Å². The molecule has 0 bridgehead atoms. The number of nitrogens with zero attached hydrogens (tertiary/aromatic N) is 6. The van der Waals surface area contributed by atoms with E-state index in [-0.39, 0.29) is 5.91 Å². The van der Waals surface area contributed by atoms with Gasteiger partial charge in [0.05, 0.1) is 6.61 Å². The highest BCUT2D eigenvalue weighted by atomic mass is 16.5. The Hall–Kier alpha value is -3.16. The summed E-state index contributed by atoms with van der Waals surface area (Å²) < 4.78 is 7.18. The number of amides is 1. The number of fused-ring (bicyclic) bond motifs is 1. The van der Waals surface area contributed by atoms with Gasteiger partial charge in [-0.2, -0.15) is 4.52 Å². The summed E-state index contributed by atoms with van der Waals surface area (Å²) in [7, 11) is 1.77. The second-order valence-corrected chi connectivity index (χ2v) is 6.63. The zero-order valence-electron chi connectivity index (χ0n) is 17.5. The van der Waals surface area contributed by atoms with Crippen LogP contribution in [0.4, 0.5) is 11.5 Å². The van der Waals surface area contributed by atoms with Crippen molar-refractivity contribution in [2.75, 3.05) is 36.5 Å². The van der Waals surface area contributed by atoms with Crippen LogP contribution in [0.15, 0.2) is 36.4 Å². The molecule has 154 valence electrons. The Morgan fingerprint density at radius 3 is 2.41 bits per heavy atom. The molecule has 8 heteroatoms. The molecule has 0 N–H and O–H groups in total. The Bertz CT molecular complexity index is 949. The van der Waals surface area contributed by atoms with Crippen molar-refractivity contribution in [3.05, 3.63) is 42.2 Å². The lowest BCUT2D eigenvalue weighted by Crippen LogP contribution is -2.26. The summed E-state index contributed by atoms with van der Waals surface area (Å²) in [6.07, 6.45) is 0.789. The van der Waals surface area contributed by atoms with Gasteiger partial charge in [0, 0.05) is 38.7 Å². The molecule has 0 saturated heterocycles. The zero-order valence-corrected chi connectivity index (χ0v) is 17.5. The van der Waals surface area contributed by atoms with Crippen LogP contribution < -0.4 is 14.5 Å². The Morgan fingerprint density at radius 1 is 1.03 bits per heavy atom. The lowest BCUT2D eigenvalue weighted by Gasteiger charge is -2.19. The van der Waals surface area contributed by atoms with Crippen LogP contribution in [0, 0.1) is 0 Å². The van der Waals surface area contributed by atoms with E-state index in [2.05, 4.69) is 34.0 Å². The molecular formula is C21H28N6O2. The van der Waals surface area contributed by atoms with Crippen LogP contribution in [-0.4, -0.2) is 52.5 Å². The minimum atomic E-state index is 0.00538. The first-order valence-electron chi connectivity index (χ1n) is 10.0. The topological polar surface area (TPSA) is 75.9 Å². The minimum absolute atomic E-state index is 0.00538. The summed E-state index contributed by atoms with van der Waals surface area (Å²) in [5.41, 5.74) is 1.51. The molecule has 0 atom stereocenters. The average molecular weight is 396 g/mol. The maximum Gasteiger partial charge on any atom is 0.227 e. The van der Waals surface area contributed by atoms with Crippen LogP contribution in [0.25, 0.3) is 5.65 Å². The van der Waals surface area contributed by atoms with Gasteiger partial charge in [0.25, 0.3) is 0 Å². The van der Waals surface area contributed by atoms with Crippen molar-refractivity contribution >= 4 is 23.1 Å². The fraction of sp³-hybridized carbons (Fsp3) is 0.429. The van der Waals surface area contributed by atoms with Crippen LogP contribution in [0.2, 0.25) is 0 Å². The molecule has 0 radical (unpaired) electrons. The maximum atomic E-state index is 12.7. The molecular weight excluding hydrogens is 368 g/mol. The normalized spacial score (nSPS) is 10.9. The fourth-order valence-corrected chi connectivity index (χ4v) is 3.16. The minimum Gasteiger partial charge on any atom is -0.494 e. The number of aryl methyl sites for hydroxylation is 1. The number of hydrogen-bond acceptors (Lipinski definition) is 6. The smallest absolute Gasteiger partial charge is 0.227 e. The van der Waals surface area contributed by atoms with E-state index >= 15 is 0 Å². The van der Waals surface area contributed by atoms with Crippen molar-refractivity contribution in [1.82, 2.24) is 19.8 Å². The second-order valence-electron chi connectivity index (χ2n) is 6.63. The van der Waals surface area contributed by atoms with Crippen LogP contribution in [-0.2, 0) is 11.2 Å². The monoisotopic (exact) mass is 396 g/mol. The highest BCUT2D eigenvalue weighted by molar-refractivity contribution is 5.92. The highest BCUT2D eigenvalue weighted by Crippen LogP contribution is 2.19. The number of anilines is 2. The van der Waals surface area contributed by atoms with Crippen LogP contribution in [0.5, 0.6) is 5.75 Å². The third-order valence-corrected chi connectivity index (χ3v) is 4.87. The largest absolute Gasteiger partial charge is 0.494 e. The SMILES string of the molecule is CCOc1ccc(N(C)C(=O)CCc2nnc3ccc(N(CC)CC)nn23)cc1. The molecule has 1 amide bonds. The molecule has 0 fully saturated rings. The molecule has 2 aromatic heterocycles. The number of ether oxygens (including phenoxy) is 1. The van der Waals surface area contributed by atoms with Gasteiger partial charge < -0.3 is 14.5 Å². The van der Waals surface area contributed by atoms with Gasteiger partial charge in [-0.15, -0.1) is 15.3 Å². The summed E-state index contributed by atoms with van der Waals surface area (Å²) in [6, 6.07) is 11.4. The van der Waals surface area contributed by atoms with E-state index in [0.29, 0.717) is 30.9 Å². The Kier molecular flexibility index (Phi) is 6.64. The van der Waals surface area contributed by atoms with E-state index in [0.717, 1.165) is 30.3 Å². The summed E-state index contributed by atoms with van der Waals surface area (Å²) in [4.78, 5) is 16.5. The number of carbonyl (C=O) groups is 1. The van der Waals surface area contributed by atoms with Crippen LogP contribution >= 0.6 is 0 Å². The first-order valence-corrected chi connectivity index (χ1v) is 10.0. The standard InChI is InChI=1S/C21H28N6O2/c1-5-26(6-2)20-13-12-18-22-23-19(27(18)24-20)14-15-21(28)25(4)16-8-10-17(11-9-16)29-7-3/h8-13H,5-7,14-15H2,1-4H3. The molecule has 0 aliphatic carbocycles. The van der Waals surface area contributed by atoms with E-state index in [9.17, 15) is 4.79 Å². The number of benzene rings is 1. The van der Waals surface area contributed by atoms with E-state index in [1.165, 1.54) is 0 Å².